The van der Waals surface area contributed by atoms with Crippen LogP contribution in [-0.4, -0.2) is 46.5 Å². The fourth-order valence-electron chi connectivity index (χ4n) is 2.55. The lowest BCUT2D eigenvalue weighted by atomic mass is 10.1. The maximum Gasteiger partial charge on any atom is 0.230 e. The van der Waals surface area contributed by atoms with Gasteiger partial charge in [0.2, 0.25) is 11.9 Å². The molecule has 0 amide bonds. The highest BCUT2D eigenvalue weighted by molar-refractivity contribution is 7.80. The quantitative estimate of drug-likeness (QED) is 0.749. The molecule has 2 N–H and O–H groups in total. The molecule has 0 bridgehead atoms. The number of guanidine groups is 1. The molecule has 1 aliphatic heterocycles. The molecule has 0 atom stereocenters. The first-order valence-corrected chi connectivity index (χ1v) is 8.48. The Kier molecular flexibility index (Phi) is 4.97. The van der Waals surface area contributed by atoms with Crippen LogP contribution in [0, 0.1) is 6.92 Å². The maximum atomic E-state index is 4.59. The van der Waals surface area contributed by atoms with Crippen LogP contribution < -0.4 is 10.6 Å². The molecular weight excluding hydrogens is 308 g/mol. The molecule has 0 saturated carbocycles. The zero-order chi connectivity index (χ0) is 16.2. The molecule has 1 aliphatic rings. The van der Waals surface area contributed by atoms with Crippen molar-refractivity contribution in [1.29, 1.82) is 0 Å². The third-order valence-electron chi connectivity index (χ3n) is 3.90. The van der Waals surface area contributed by atoms with Gasteiger partial charge in [-0.25, -0.2) is 15.0 Å². The number of hydrogen-bond acceptors (Lipinski definition) is 7. The van der Waals surface area contributed by atoms with Crippen LogP contribution in [0.3, 0.4) is 0 Å². The average molecular weight is 330 g/mol. The molecule has 0 aliphatic carbocycles. The highest BCUT2D eigenvalue weighted by Crippen LogP contribution is 2.19. The second kappa shape index (κ2) is 7.14. The van der Waals surface area contributed by atoms with Gasteiger partial charge in [0.1, 0.15) is 0 Å². The third-order valence-corrected chi connectivity index (χ3v) is 4.10. The van der Waals surface area contributed by atoms with Crippen molar-refractivity contribution in [2.75, 3.05) is 31.0 Å². The Morgan fingerprint density at radius 3 is 2.91 bits per heavy atom. The van der Waals surface area contributed by atoms with E-state index in [1.54, 1.807) is 0 Å². The zero-order valence-electron chi connectivity index (χ0n) is 13.5. The molecule has 1 aromatic heterocycles. The number of aliphatic imine (C=N–C) groups is 1. The maximum absolute atomic E-state index is 4.59. The van der Waals surface area contributed by atoms with Gasteiger partial charge in [-0.05, 0) is 31.0 Å². The van der Waals surface area contributed by atoms with E-state index in [4.69, 9.17) is 0 Å². The summed E-state index contributed by atoms with van der Waals surface area (Å²) < 4.78 is 0. The normalized spacial score (nSPS) is 15.3. The summed E-state index contributed by atoms with van der Waals surface area (Å²) >= 11 is 4.24. The van der Waals surface area contributed by atoms with Crippen LogP contribution in [0.15, 0.2) is 23.2 Å². The molecule has 3 rings (SSSR count). The number of aryl methyl sites for hydroxylation is 2. The first-order chi connectivity index (χ1) is 11.2. The zero-order valence-corrected chi connectivity index (χ0v) is 14.4. The minimum absolute atomic E-state index is 0.577. The number of nitrogens with one attached hydrogen (secondary N) is 2. The van der Waals surface area contributed by atoms with E-state index in [1.807, 2.05) is 6.92 Å². The SMILES string of the molecule is CCc1ccc2nc(NC3=NCN(CCS)CN3)nc(C)c2c1. The van der Waals surface area contributed by atoms with E-state index in [9.17, 15) is 0 Å². The Morgan fingerprint density at radius 2 is 2.22 bits per heavy atom. The second-order valence-electron chi connectivity index (χ2n) is 5.56. The predicted molar refractivity (Wildman–Crippen MR) is 98.1 cm³/mol. The Balaban J connectivity index is 1.79. The Hall–Kier alpha value is -1.86. The largest absolute Gasteiger partial charge is 0.343 e. The van der Waals surface area contributed by atoms with Crippen LogP contribution in [0.5, 0.6) is 0 Å². The summed E-state index contributed by atoms with van der Waals surface area (Å²) in [6, 6.07) is 6.34. The summed E-state index contributed by atoms with van der Waals surface area (Å²) in [5.74, 6) is 2.12. The summed E-state index contributed by atoms with van der Waals surface area (Å²) in [4.78, 5) is 15.8. The minimum Gasteiger partial charge on any atom is -0.343 e. The number of anilines is 1. The molecule has 0 spiro atoms. The van der Waals surface area contributed by atoms with Gasteiger partial charge in [0.15, 0.2) is 0 Å². The fourth-order valence-corrected chi connectivity index (χ4v) is 2.83. The molecule has 0 unspecified atom stereocenters. The van der Waals surface area contributed by atoms with Gasteiger partial charge >= 0.3 is 0 Å². The number of nitrogens with zero attached hydrogens (tertiary/aromatic N) is 4. The molecule has 6 nitrogen and oxygen atoms in total. The summed E-state index contributed by atoms with van der Waals surface area (Å²) in [5.41, 5.74) is 3.22. The van der Waals surface area contributed by atoms with Crippen LogP contribution in [0.1, 0.15) is 18.2 Å². The van der Waals surface area contributed by atoms with E-state index >= 15 is 0 Å². The number of hydrogen-bond donors (Lipinski definition) is 3. The third kappa shape index (κ3) is 3.73. The van der Waals surface area contributed by atoms with Crippen molar-refractivity contribution in [2.45, 2.75) is 20.3 Å². The summed E-state index contributed by atoms with van der Waals surface area (Å²) in [7, 11) is 0. The van der Waals surface area contributed by atoms with Crippen LogP contribution in [0.4, 0.5) is 5.95 Å². The Bertz CT molecular complexity index is 730. The van der Waals surface area contributed by atoms with Crippen molar-refractivity contribution in [2.24, 2.45) is 4.99 Å². The van der Waals surface area contributed by atoms with Crippen molar-refractivity contribution in [3.63, 3.8) is 0 Å². The number of fused-ring (bicyclic) bond motifs is 1. The van der Waals surface area contributed by atoms with E-state index in [2.05, 4.69) is 68.2 Å². The first kappa shape index (κ1) is 16.0. The van der Waals surface area contributed by atoms with E-state index in [0.29, 0.717) is 18.6 Å². The van der Waals surface area contributed by atoms with Crippen molar-refractivity contribution in [3.05, 3.63) is 29.5 Å². The molecule has 0 fully saturated rings. The van der Waals surface area contributed by atoms with Gasteiger partial charge in [0.05, 0.1) is 24.5 Å². The van der Waals surface area contributed by atoms with E-state index < -0.39 is 0 Å². The molecule has 0 radical (unpaired) electrons. The van der Waals surface area contributed by atoms with Crippen LogP contribution in [0.25, 0.3) is 10.9 Å². The van der Waals surface area contributed by atoms with Crippen LogP contribution in [-0.2, 0) is 6.42 Å². The van der Waals surface area contributed by atoms with Crippen molar-refractivity contribution in [1.82, 2.24) is 20.2 Å². The number of benzene rings is 1. The lowest BCUT2D eigenvalue weighted by molar-refractivity contribution is 0.282. The lowest BCUT2D eigenvalue weighted by Crippen LogP contribution is -2.46. The van der Waals surface area contributed by atoms with Crippen molar-refractivity contribution >= 4 is 35.4 Å². The molecule has 0 saturated heterocycles. The average Bonchev–Trinajstić information content (AvgIpc) is 2.57. The standard InChI is InChI=1S/C16H22N6S/c1-3-12-4-5-14-13(8-12)11(2)19-16(20-14)21-15-17-9-22(6-7-23)10-18-15/h4-5,8,23H,3,6-7,9-10H2,1-2H3,(H2,17,18,19,20,21). The van der Waals surface area contributed by atoms with Gasteiger partial charge in [0.25, 0.3) is 0 Å². The van der Waals surface area contributed by atoms with E-state index in [-0.39, 0.29) is 0 Å². The monoisotopic (exact) mass is 330 g/mol. The summed E-state index contributed by atoms with van der Waals surface area (Å²) in [6.45, 7) is 6.48. The van der Waals surface area contributed by atoms with Crippen molar-refractivity contribution < 1.29 is 0 Å². The van der Waals surface area contributed by atoms with Crippen molar-refractivity contribution in [3.8, 4) is 0 Å². The highest BCUT2D eigenvalue weighted by Gasteiger charge is 2.13. The number of thiol groups is 1. The summed E-state index contributed by atoms with van der Waals surface area (Å²) in [6.07, 6.45) is 1.01. The molecule has 2 heterocycles. The van der Waals surface area contributed by atoms with Crippen LogP contribution >= 0.6 is 12.6 Å². The van der Waals surface area contributed by atoms with E-state index in [0.717, 1.165) is 42.0 Å². The predicted octanol–water partition coefficient (Wildman–Crippen LogP) is 2.02. The van der Waals surface area contributed by atoms with Crippen LogP contribution in [0.2, 0.25) is 0 Å². The molecule has 2 aromatic rings. The highest BCUT2D eigenvalue weighted by atomic mass is 32.1. The Labute approximate surface area is 141 Å². The smallest absolute Gasteiger partial charge is 0.230 e. The Morgan fingerprint density at radius 1 is 1.35 bits per heavy atom. The molecule has 1 aromatic carbocycles. The van der Waals surface area contributed by atoms with E-state index in [1.165, 1.54) is 5.56 Å². The minimum atomic E-state index is 0.577. The number of rotatable bonds is 4. The molecule has 7 heteroatoms. The van der Waals surface area contributed by atoms with Gasteiger partial charge in [-0.2, -0.15) is 12.6 Å². The summed E-state index contributed by atoms with van der Waals surface area (Å²) in [5, 5.41) is 7.52. The first-order valence-electron chi connectivity index (χ1n) is 7.85. The molecule has 122 valence electrons. The molecular formula is C16H22N6S. The van der Waals surface area contributed by atoms with Gasteiger partial charge in [-0.3, -0.25) is 10.2 Å². The molecule has 23 heavy (non-hydrogen) atoms. The lowest BCUT2D eigenvalue weighted by Gasteiger charge is -2.26. The van der Waals surface area contributed by atoms with Gasteiger partial charge in [-0.15, -0.1) is 0 Å². The van der Waals surface area contributed by atoms with Gasteiger partial charge in [-0.1, -0.05) is 13.0 Å². The number of aromatic nitrogens is 2. The second-order valence-corrected chi connectivity index (χ2v) is 6.01. The van der Waals surface area contributed by atoms with Gasteiger partial charge in [0, 0.05) is 17.7 Å². The van der Waals surface area contributed by atoms with Gasteiger partial charge < -0.3 is 5.32 Å². The topological polar surface area (TPSA) is 65.4 Å². The fraction of sp³-hybridized carbons (Fsp3) is 0.438.